The number of carbonyl (C=O) groups excluding carboxylic acids is 1. The maximum absolute atomic E-state index is 12.5. The second-order valence-corrected chi connectivity index (χ2v) is 7.05. The summed E-state index contributed by atoms with van der Waals surface area (Å²) in [4.78, 5) is 30.1. The van der Waals surface area contributed by atoms with Crippen LogP contribution < -0.4 is 9.64 Å². The summed E-state index contributed by atoms with van der Waals surface area (Å²) in [6.45, 7) is 2.52. The number of carbonyl (C=O) groups is 1. The summed E-state index contributed by atoms with van der Waals surface area (Å²) in [6.07, 6.45) is 3.14. The predicted molar refractivity (Wildman–Crippen MR) is 118 cm³/mol. The van der Waals surface area contributed by atoms with Crippen molar-refractivity contribution < 1.29 is 19.2 Å². The Balaban J connectivity index is 1.70. The van der Waals surface area contributed by atoms with E-state index >= 15 is 0 Å². The van der Waals surface area contributed by atoms with Crippen LogP contribution in [0.4, 0.5) is 11.4 Å². The molecule has 0 atom stereocenters. The molecule has 2 aromatic carbocycles. The molecule has 0 bridgehead atoms. The predicted octanol–water partition coefficient (Wildman–Crippen LogP) is 3.88. The average Bonchev–Trinajstić information content (AvgIpc) is 2.82. The first-order valence-corrected chi connectivity index (χ1v) is 9.83. The molecule has 8 nitrogen and oxygen atoms in total. The number of methoxy groups -OCH3 is 1. The van der Waals surface area contributed by atoms with Crippen LogP contribution in [-0.4, -0.2) is 49.1 Å². The first kappa shape index (κ1) is 20.5. The van der Waals surface area contributed by atoms with Crippen LogP contribution in [0.25, 0.3) is 17.0 Å². The molecule has 0 spiro atoms. The SMILES string of the molecule is COc1ccc(C(=O)/C=C/c2cc(N3CCOCC3)c3cc([N+](=O)[O-])ccc3n2)cc1. The number of ether oxygens (including phenoxy) is 2. The molecule has 1 fully saturated rings. The minimum Gasteiger partial charge on any atom is -0.497 e. The molecule has 0 unspecified atom stereocenters. The van der Waals surface area contributed by atoms with E-state index in [0.717, 1.165) is 5.69 Å². The Morgan fingerprint density at radius 2 is 1.90 bits per heavy atom. The maximum Gasteiger partial charge on any atom is 0.270 e. The zero-order chi connectivity index (χ0) is 21.8. The lowest BCUT2D eigenvalue weighted by Crippen LogP contribution is -2.36. The summed E-state index contributed by atoms with van der Waals surface area (Å²) in [5.74, 6) is 0.530. The molecule has 0 N–H and O–H groups in total. The van der Waals surface area contributed by atoms with Gasteiger partial charge in [0.05, 0.1) is 36.5 Å². The second kappa shape index (κ2) is 8.93. The Hall–Kier alpha value is -3.78. The number of nitrogens with zero attached hydrogens (tertiary/aromatic N) is 3. The molecule has 0 saturated carbocycles. The van der Waals surface area contributed by atoms with Crippen LogP contribution in [0.5, 0.6) is 5.75 Å². The second-order valence-electron chi connectivity index (χ2n) is 7.05. The summed E-state index contributed by atoms with van der Waals surface area (Å²) in [5.41, 5.74) is 2.63. The average molecular weight is 419 g/mol. The van der Waals surface area contributed by atoms with Crippen molar-refractivity contribution in [2.24, 2.45) is 0 Å². The van der Waals surface area contributed by atoms with Gasteiger partial charge in [0.1, 0.15) is 5.75 Å². The summed E-state index contributed by atoms with van der Waals surface area (Å²) < 4.78 is 10.6. The lowest BCUT2D eigenvalue weighted by molar-refractivity contribution is -0.384. The molecule has 158 valence electrons. The number of benzene rings is 2. The lowest BCUT2D eigenvalue weighted by Gasteiger charge is -2.30. The van der Waals surface area contributed by atoms with Gasteiger partial charge in [-0.15, -0.1) is 0 Å². The normalized spacial score (nSPS) is 14.2. The van der Waals surface area contributed by atoms with Gasteiger partial charge in [0.15, 0.2) is 5.78 Å². The van der Waals surface area contributed by atoms with E-state index in [9.17, 15) is 14.9 Å². The van der Waals surface area contributed by atoms with Crippen molar-refractivity contribution in [3.8, 4) is 5.75 Å². The number of nitro groups is 1. The number of fused-ring (bicyclic) bond motifs is 1. The number of aromatic nitrogens is 1. The van der Waals surface area contributed by atoms with Crippen LogP contribution in [-0.2, 0) is 4.74 Å². The number of nitro benzene ring substituents is 1. The van der Waals surface area contributed by atoms with Gasteiger partial charge >= 0.3 is 0 Å². The van der Waals surface area contributed by atoms with Crippen molar-refractivity contribution in [2.45, 2.75) is 0 Å². The highest BCUT2D eigenvalue weighted by molar-refractivity contribution is 6.07. The largest absolute Gasteiger partial charge is 0.497 e. The lowest BCUT2D eigenvalue weighted by atomic mass is 10.1. The zero-order valence-corrected chi connectivity index (χ0v) is 17.0. The van der Waals surface area contributed by atoms with E-state index < -0.39 is 4.92 Å². The van der Waals surface area contributed by atoms with Gasteiger partial charge in [-0.1, -0.05) is 0 Å². The molecule has 0 amide bonds. The highest BCUT2D eigenvalue weighted by atomic mass is 16.6. The number of rotatable bonds is 6. The smallest absolute Gasteiger partial charge is 0.270 e. The van der Waals surface area contributed by atoms with Gasteiger partial charge in [0.2, 0.25) is 0 Å². The van der Waals surface area contributed by atoms with Crippen molar-refractivity contribution in [2.75, 3.05) is 38.3 Å². The van der Waals surface area contributed by atoms with Gasteiger partial charge in [0, 0.05) is 41.9 Å². The molecule has 0 radical (unpaired) electrons. The minimum atomic E-state index is -0.413. The third kappa shape index (κ3) is 4.54. The van der Waals surface area contributed by atoms with Crippen molar-refractivity contribution in [3.05, 3.63) is 76.0 Å². The molecular weight excluding hydrogens is 398 g/mol. The molecule has 31 heavy (non-hydrogen) atoms. The Kier molecular flexibility index (Phi) is 5.90. The van der Waals surface area contributed by atoms with Gasteiger partial charge < -0.3 is 14.4 Å². The standard InChI is InChI=1S/C23H21N3O5/c1-30-19-6-2-16(3-7-19)23(27)9-4-17-14-22(25-10-12-31-13-11-25)20-15-18(26(28)29)5-8-21(20)24-17/h2-9,14-15H,10-13H2,1H3/b9-4+. The van der Waals surface area contributed by atoms with Crippen molar-refractivity contribution in [1.82, 2.24) is 4.98 Å². The monoisotopic (exact) mass is 419 g/mol. The van der Waals surface area contributed by atoms with Gasteiger partial charge in [-0.2, -0.15) is 0 Å². The molecular formula is C23H21N3O5. The summed E-state index contributed by atoms with van der Waals surface area (Å²) in [6, 6.07) is 13.4. The molecule has 8 heteroatoms. The van der Waals surface area contributed by atoms with Crippen LogP contribution in [0.3, 0.4) is 0 Å². The highest BCUT2D eigenvalue weighted by Crippen LogP contribution is 2.31. The van der Waals surface area contributed by atoms with E-state index in [0.29, 0.717) is 54.2 Å². The number of ketones is 1. The van der Waals surface area contributed by atoms with E-state index in [2.05, 4.69) is 9.88 Å². The number of morpholine rings is 1. The molecule has 0 aliphatic carbocycles. The molecule has 1 aliphatic rings. The van der Waals surface area contributed by atoms with Crippen LogP contribution in [0.1, 0.15) is 16.1 Å². The fourth-order valence-electron chi connectivity index (χ4n) is 3.49. The highest BCUT2D eigenvalue weighted by Gasteiger charge is 2.18. The molecule has 1 aliphatic heterocycles. The first-order valence-electron chi connectivity index (χ1n) is 9.83. The van der Waals surface area contributed by atoms with E-state index in [1.807, 2.05) is 6.07 Å². The number of anilines is 1. The number of pyridine rings is 1. The van der Waals surface area contributed by atoms with Crippen molar-refractivity contribution >= 4 is 34.1 Å². The summed E-state index contributed by atoms with van der Waals surface area (Å²) in [5, 5.41) is 12.0. The molecule has 2 heterocycles. The Morgan fingerprint density at radius 1 is 1.16 bits per heavy atom. The van der Waals surface area contributed by atoms with Crippen LogP contribution >= 0.6 is 0 Å². The van der Waals surface area contributed by atoms with Crippen LogP contribution in [0.15, 0.2) is 54.6 Å². The fraction of sp³-hybridized carbons (Fsp3) is 0.217. The van der Waals surface area contributed by atoms with E-state index in [1.165, 1.54) is 12.1 Å². The Bertz CT molecular complexity index is 1150. The van der Waals surface area contributed by atoms with Gasteiger partial charge in [0.25, 0.3) is 5.69 Å². The van der Waals surface area contributed by atoms with Crippen LogP contribution in [0, 0.1) is 10.1 Å². The zero-order valence-electron chi connectivity index (χ0n) is 17.0. The van der Waals surface area contributed by atoms with Gasteiger partial charge in [-0.25, -0.2) is 4.98 Å². The molecule has 1 aromatic heterocycles. The first-order chi connectivity index (χ1) is 15.0. The molecule has 1 saturated heterocycles. The van der Waals surface area contributed by atoms with Gasteiger partial charge in [-0.05, 0) is 48.6 Å². The Labute approximate surface area is 178 Å². The molecule has 3 aromatic rings. The van der Waals surface area contributed by atoms with E-state index in [4.69, 9.17) is 9.47 Å². The van der Waals surface area contributed by atoms with Crippen LogP contribution in [0.2, 0.25) is 0 Å². The number of non-ortho nitro benzene ring substituents is 1. The van der Waals surface area contributed by atoms with Crippen molar-refractivity contribution in [1.29, 1.82) is 0 Å². The minimum absolute atomic E-state index is 0.0155. The fourth-order valence-corrected chi connectivity index (χ4v) is 3.49. The third-order valence-corrected chi connectivity index (χ3v) is 5.13. The third-order valence-electron chi connectivity index (χ3n) is 5.13. The molecule has 4 rings (SSSR count). The van der Waals surface area contributed by atoms with Gasteiger partial charge in [-0.3, -0.25) is 14.9 Å². The van der Waals surface area contributed by atoms with E-state index in [1.54, 1.807) is 49.6 Å². The maximum atomic E-state index is 12.5. The van der Waals surface area contributed by atoms with Crippen molar-refractivity contribution in [3.63, 3.8) is 0 Å². The topological polar surface area (TPSA) is 94.8 Å². The number of hydrogen-bond acceptors (Lipinski definition) is 7. The quantitative estimate of drug-likeness (QED) is 0.259. The number of hydrogen-bond donors (Lipinski definition) is 0. The van der Waals surface area contributed by atoms with E-state index in [-0.39, 0.29) is 11.5 Å². The summed E-state index contributed by atoms with van der Waals surface area (Å²) in [7, 11) is 1.57. The number of allylic oxidation sites excluding steroid dienone is 1. The Morgan fingerprint density at radius 3 is 2.58 bits per heavy atom. The summed E-state index contributed by atoms with van der Waals surface area (Å²) >= 11 is 0.